The summed E-state index contributed by atoms with van der Waals surface area (Å²) in [5.74, 6) is 0.247. The van der Waals surface area contributed by atoms with Gasteiger partial charge in [-0.05, 0) is 43.5 Å². The van der Waals surface area contributed by atoms with Crippen molar-refractivity contribution in [2.45, 2.75) is 39.0 Å². The van der Waals surface area contributed by atoms with E-state index < -0.39 is 0 Å². The van der Waals surface area contributed by atoms with Gasteiger partial charge in [-0.15, -0.1) is 0 Å². The predicted octanol–water partition coefficient (Wildman–Crippen LogP) is 3.41. The molecule has 0 bridgehead atoms. The van der Waals surface area contributed by atoms with Crippen molar-refractivity contribution in [1.82, 2.24) is 25.3 Å². The first kappa shape index (κ1) is 20.8. The van der Waals surface area contributed by atoms with Crippen molar-refractivity contribution in [3.63, 3.8) is 0 Å². The molecule has 0 aliphatic heterocycles. The van der Waals surface area contributed by atoms with Gasteiger partial charge in [-0.3, -0.25) is 9.59 Å². The van der Waals surface area contributed by atoms with Crippen LogP contribution in [0.15, 0.2) is 47.4 Å². The van der Waals surface area contributed by atoms with Crippen molar-refractivity contribution in [3.05, 3.63) is 74.8 Å². The smallest absolute Gasteiger partial charge is 0.264 e. The van der Waals surface area contributed by atoms with Gasteiger partial charge in [-0.2, -0.15) is 10.2 Å². The van der Waals surface area contributed by atoms with Crippen LogP contribution in [-0.2, 0) is 5.41 Å². The summed E-state index contributed by atoms with van der Waals surface area (Å²) >= 11 is 6.03. The number of halogens is 1. The zero-order chi connectivity index (χ0) is 21.0. The molecule has 0 aliphatic rings. The van der Waals surface area contributed by atoms with Crippen LogP contribution in [-0.4, -0.2) is 32.4 Å². The number of carbonyl (C=O) groups excluding carboxylic acids is 1. The van der Waals surface area contributed by atoms with Crippen LogP contribution < -0.4 is 10.9 Å². The van der Waals surface area contributed by atoms with Gasteiger partial charge in [0.1, 0.15) is 0 Å². The Labute approximate surface area is 174 Å². The van der Waals surface area contributed by atoms with Crippen molar-refractivity contribution in [2.24, 2.45) is 0 Å². The fourth-order valence-corrected chi connectivity index (χ4v) is 3.60. The number of H-pyrrole nitrogens is 1. The molecule has 3 rings (SSSR count). The zero-order valence-corrected chi connectivity index (χ0v) is 17.5. The molecule has 2 N–H and O–H groups in total. The maximum atomic E-state index is 12.9. The highest BCUT2D eigenvalue weighted by molar-refractivity contribution is 6.30. The molecule has 0 unspecified atom stereocenters. The van der Waals surface area contributed by atoms with Crippen LogP contribution in [0.5, 0.6) is 0 Å². The van der Waals surface area contributed by atoms with Gasteiger partial charge in [-0.25, -0.2) is 9.78 Å². The fourth-order valence-electron chi connectivity index (χ4n) is 3.48. The lowest BCUT2D eigenvalue weighted by atomic mass is 9.75. The van der Waals surface area contributed by atoms with Crippen LogP contribution in [0.3, 0.4) is 0 Å². The van der Waals surface area contributed by atoms with Crippen molar-refractivity contribution >= 4 is 17.5 Å². The highest BCUT2D eigenvalue weighted by atomic mass is 35.5. The number of nitrogens with zero attached hydrogens (tertiary/aromatic N) is 3. The molecular weight excluding hydrogens is 390 g/mol. The minimum atomic E-state index is -0.297. The minimum absolute atomic E-state index is 0.176. The van der Waals surface area contributed by atoms with Crippen LogP contribution in [0.25, 0.3) is 5.82 Å². The van der Waals surface area contributed by atoms with Crippen molar-refractivity contribution in [2.75, 3.05) is 6.54 Å². The Hall–Kier alpha value is -2.93. The SMILES string of the molecule is CCC(CC)(CNC(=O)c1cnn(-c2ccc(=O)[nH]n2)c1C)c1ccc(Cl)cc1. The average molecular weight is 414 g/mol. The predicted molar refractivity (Wildman–Crippen MR) is 113 cm³/mol. The number of hydrogen-bond acceptors (Lipinski definition) is 4. The van der Waals surface area contributed by atoms with Gasteiger partial charge < -0.3 is 5.32 Å². The summed E-state index contributed by atoms with van der Waals surface area (Å²) in [6, 6.07) is 10.7. The summed E-state index contributed by atoms with van der Waals surface area (Å²) < 4.78 is 1.52. The second kappa shape index (κ2) is 8.61. The summed E-state index contributed by atoms with van der Waals surface area (Å²) in [5, 5.41) is 14.3. The second-order valence-electron chi connectivity index (χ2n) is 7.01. The highest BCUT2D eigenvalue weighted by Crippen LogP contribution is 2.32. The molecule has 0 atom stereocenters. The van der Waals surface area contributed by atoms with E-state index in [0.29, 0.717) is 28.6 Å². The molecular formula is C21H24ClN5O2. The van der Waals surface area contributed by atoms with Gasteiger partial charge in [0.2, 0.25) is 0 Å². The van der Waals surface area contributed by atoms with Gasteiger partial charge in [0.05, 0.1) is 17.5 Å². The number of rotatable bonds is 7. The molecule has 0 aliphatic carbocycles. The van der Waals surface area contributed by atoms with Gasteiger partial charge in [-0.1, -0.05) is 37.6 Å². The van der Waals surface area contributed by atoms with E-state index in [9.17, 15) is 9.59 Å². The summed E-state index contributed by atoms with van der Waals surface area (Å²) in [4.78, 5) is 24.1. The average Bonchev–Trinajstić information content (AvgIpc) is 3.12. The lowest BCUT2D eigenvalue weighted by Gasteiger charge is -2.32. The molecule has 0 saturated carbocycles. The summed E-state index contributed by atoms with van der Waals surface area (Å²) in [7, 11) is 0. The molecule has 7 nitrogen and oxygen atoms in total. The largest absolute Gasteiger partial charge is 0.351 e. The van der Waals surface area contributed by atoms with E-state index in [2.05, 4.69) is 34.5 Å². The molecule has 152 valence electrons. The lowest BCUT2D eigenvalue weighted by Crippen LogP contribution is -2.40. The van der Waals surface area contributed by atoms with E-state index in [1.54, 1.807) is 13.0 Å². The maximum Gasteiger partial charge on any atom is 0.264 e. The van der Waals surface area contributed by atoms with Crippen LogP contribution in [0.2, 0.25) is 5.02 Å². The molecule has 29 heavy (non-hydrogen) atoms. The van der Waals surface area contributed by atoms with Crippen LogP contribution in [0.1, 0.15) is 48.3 Å². The summed E-state index contributed by atoms with van der Waals surface area (Å²) in [6.07, 6.45) is 3.27. The van der Waals surface area contributed by atoms with Crippen molar-refractivity contribution in [3.8, 4) is 5.82 Å². The third-order valence-electron chi connectivity index (χ3n) is 5.53. The van der Waals surface area contributed by atoms with E-state index in [4.69, 9.17) is 11.6 Å². The zero-order valence-electron chi connectivity index (χ0n) is 16.7. The number of aromatic amines is 1. The van der Waals surface area contributed by atoms with Gasteiger partial charge in [0.15, 0.2) is 5.82 Å². The normalized spacial score (nSPS) is 11.4. The quantitative estimate of drug-likeness (QED) is 0.620. The second-order valence-corrected chi connectivity index (χ2v) is 7.45. The first-order valence-electron chi connectivity index (χ1n) is 9.55. The molecule has 2 heterocycles. The maximum absolute atomic E-state index is 12.9. The van der Waals surface area contributed by atoms with E-state index in [-0.39, 0.29) is 16.9 Å². The number of benzene rings is 1. The van der Waals surface area contributed by atoms with Crippen molar-refractivity contribution < 1.29 is 4.79 Å². The van der Waals surface area contributed by atoms with Gasteiger partial charge in [0, 0.05) is 23.0 Å². The monoisotopic (exact) mass is 413 g/mol. The Morgan fingerprint density at radius 1 is 1.17 bits per heavy atom. The first-order chi connectivity index (χ1) is 13.9. The van der Waals surface area contributed by atoms with Crippen LogP contribution in [0, 0.1) is 6.92 Å². The number of hydrogen-bond donors (Lipinski definition) is 2. The molecule has 2 aromatic heterocycles. The molecule has 0 spiro atoms. The molecule has 1 aromatic carbocycles. The molecule has 0 saturated heterocycles. The number of carbonyl (C=O) groups is 1. The minimum Gasteiger partial charge on any atom is -0.351 e. The third kappa shape index (κ3) is 4.24. The van der Waals surface area contributed by atoms with E-state index >= 15 is 0 Å². The van der Waals surface area contributed by atoms with E-state index in [1.807, 2.05) is 24.3 Å². The Balaban J connectivity index is 1.80. The first-order valence-corrected chi connectivity index (χ1v) is 9.93. The molecule has 8 heteroatoms. The highest BCUT2D eigenvalue weighted by Gasteiger charge is 2.29. The Kier molecular flexibility index (Phi) is 6.17. The van der Waals surface area contributed by atoms with E-state index in [1.165, 1.54) is 16.9 Å². The Morgan fingerprint density at radius 3 is 2.45 bits per heavy atom. The summed E-state index contributed by atoms with van der Waals surface area (Å²) in [5.41, 5.74) is 1.79. The Bertz CT molecular complexity index is 1030. The molecule has 3 aromatic rings. The van der Waals surface area contributed by atoms with Gasteiger partial charge in [0.25, 0.3) is 11.5 Å². The third-order valence-corrected chi connectivity index (χ3v) is 5.79. The molecule has 0 fully saturated rings. The number of aromatic nitrogens is 4. The summed E-state index contributed by atoms with van der Waals surface area (Å²) in [6.45, 7) is 6.54. The molecule has 0 radical (unpaired) electrons. The van der Waals surface area contributed by atoms with Gasteiger partial charge >= 0.3 is 0 Å². The standard InChI is InChI=1S/C21H24ClN5O2/c1-4-21(5-2,15-6-8-16(22)9-7-15)13-23-20(29)17-12-24-27(14(17)3)18-10-11-19(28)26-25-18/h6-12H,4-5,13H2,1-3H3,(H,23,29)(H,26,28). The topological polar surface area (TPSA) is 92.7 Å². The fraction of sp³-hybridized carbons (Fsp3) is 0.333. The number of nitrogens with one attached hydrogen (secondary N) is 2. The number of amides is 1. The van der Waals surface area contributed by atoms with Crippen molar-refractivity contribution in [1.29, 1.82) is 0 Å². The van der Waals surface area contributed by atoms with Crippen LogP contribution >= 0.6 is 11.6 Å². The Morgan fingerprint density at radius 2 is 1.86 bits per heavy atom. The lowest BCUT2D eigenvalue weighted by molar-refractivity contribution is 0.0941. The van der Waals surface area contributed by atoms with Crippen LogP contribution in [0.4, 0.5) is 0 Å². The molecule has 1 amide bonds. The van der Waals surface area contributed by atoms with E-state index in [0.717, 1.165) is 18.4 Å².